The second-order valence-corrected chi connectivity index (χ2v) is 6.03. The summed E-state index contributed by atoms with van der Waals surface area (Å²) in [7, 11) is 0. The Bertz CT molecular complexity index is 671. The Kier molecular flexibility index (Phi) is 4.82. The first-order valence-electron chi connectivity index (χ1n) is 6.66. The minimum atomic E-state index is -0.505. The van der Waals surface area contributed by atoms with E-state index in [1.165, 1.54) is 6.33 Å². The highest BCUT2D eigenvalue weighted by Crippen LogP contribution is 2.21. The van der Waals surface area contributed by atoms with E-state index in [0.717, 1.165) is 5.69 Å². The van der Waals surface area contributed by atoms with Crippen molar-refractivity contribution in [2.75, 3.05) is 5.32 Å². The largest absolute Gasteiger partial charge is 0.413 e. The summed E-state index contributed by atoms with van der Waals surface area (Å²) in [6.45, 7) is 5.64. The van der Waals surface area contributed by atoms with Crippen molar-refractivity contribution in [1.82, 2.24) is 15.3 Å². The minimum absolute atomic E-state index is 0.342. The smallest absolute Gasteiger partial charge is 0.410 e. The van der Waals surface area contributed by atoms with Gasteiger partial charge in [-0.25, -0.2) is 14.8 Å². The number of amides is 1. The molecule has 0 bridgehead atoms. The van der Waals surface area contributed by atoms with E-state index < -0.39 is 6.09 Å². The molecule has 2 rings (SSSR count). The van der Waals surface area contributed by atoms with Crippen LogP contribution in [-0.2, 0) is 0 Å². The first-order chi connectivity index (χ1) is 10.3. The summed E-state index contributed by atoms with van der Waals surface area (Å²) < 4.78 is 5.24. The van der Waals surface area contributed by atoms with Crippen LogP contribution in [0.25, 0.3) is 0 Å². The average Bonchev–Trinajstić information content (AvgIpc) is 2.36. The van der Waals surface area contributed by atoms with E-state index in [1.54, 1.807) is 24.3 Å². The fraction of sp³-hybridized carbons (Fsp3) is 0.267. The number of aromatic nitrogens is 2. The highest BCUT2D eigenvalue weighted by molar-refractivity contribution is 6.29. The van der Waals surface area contributed by atoms with E-state index in [1.807, 2.05) is 26.8 Å². The molecule has 2 N–H and O–H groups in total. The van der Waals surface area contributed by atoms with Crippen LogP contribution in [0.3, 0.4) is 0 Å². The zero-order valence-electron chi connectivity index (χ0n) is 12.6. The van der Waals surface area contributed by atoms with Gasteiger partial charge in [0.05, 0.1) is 0 Å². The highest BCUT2D eigenvalue weighted by Gasteiger charge is 2.15. The van der Waals surface area contributed by atoms with Gasteiger partial charge in [0, 0.05) is 23.4 Å². The van der Waals surface area contributed by atoms with Gasteiger partial charge in [-0.2, -0.15) is 0 Å². The lowest BCUT2D eigenvalue weighted by Crippen LogP contribution is -2.42. The molecule has 0 fully saturated rings. The molecule has 7 heteroatoms. The number of carbonyl (C=O) groups is 1. The molecule has 0 atom stereocenters. The van der Waals surface area contributed by atoms with Crippen molar-refractivity contribution in [3.8, 4) is 5.75 Å². The Morgan fingerprint density at radius 3 is 2.68 bits per heavy atom. The Balaban J connectivity index is 2.05. The maximum atomic E-state index is 11.8. The number of carbonyl (C=O) groups excluding carboxylic acids is 1. The molecule has 0 spiro atoms. The maximum absolute atomic E-state index is 11.8. The van der Waals surface area contributed by atoms with Crippen LogP contribution >= 0.6 is 11.6 Å². The number of nitrogens with one attached hydrogen (secondary N) is 2. The number of halogens is 1. The van der Waals surface area contributed by atoms with E-state index in [-0.39, 0.29) is 5.54 Å². The number of ether oxygens (including phenoxy) is 1. The van der Waals surface area contributed by atoms with Gasteiger partial charge in [-0.15, -0.1) is 0 Å². The average molecular weight is 321 g/mol. The lowest BCUT2D eigenvalue weighted by molar-refractivity contribution is 0.190. The monoisotopic (exact) mass is 320 g/mol. The molecule has 0 saturated carbocycles. The van der Waals surface area contributed by atoms with Crippen molar-refractivity contribution in [1.29, 1.82) is 0 Å². The van der Waals surface area contributed by atoms with Crippen LogP contribution in [0.1, 0.15) is 20.8 Å². The molecule has 22 heavy (non-hydrogen) atoms. The van der Waals surface area contributed by atoms with Gasteiger partial charge in [-0.05, 0) is 32.9 Å². The van der Waals surface area contributed by atoms with Gasteiger partial charge in [0.2, 0.25) is 0 Å². The van der Waals surface area contributed by atoms with E-state index >= 15 is 0 Å². The van der Waals surface area contributed by atoms with E-state index in [2.05, 4.69) is 20.6 Å². The van der Waals surface area contributed by atoms with Crippen molar-refractivity contribution in [3.05, 3.63) is 41.8 Å². The van der Waals surface area contributed by atoms with Gasteiger partial charge >= 0.3 is 6.09 Å². The molecule has 0 aliphatic rings. The molecular formula is C15H17ClN4O2. The molecule has 6 nitrogen and oxygen atoms in total. The van der Waals surface area contributed by atoms with Gasteiger partial charge < -0.3 is 15.4 Å². The van der Waals surface area contributed by atoms with Crippen molar-refractivity contribution in [2.24, 2.45) is 0 Å². The third-order valence-electron chi connectivity index (χ3n) is 2.43. The number of hydrogen-bond acceptors (Lipinski definition) is 5. The Morgan fingerprint density at radius 2 is 2.00 bits per heavy atom. The lowest BCUT2D eigenvalue weighted by Gasteiger charge is -2.19. The van der Waals surface area contributed by atoms with E-state index in [9.17, 15) is 4.79 Å². The summed E-state index contributed by atoms with van der Waals surface area (Å²) >= 11 is 5.80. The number of nitrogens with zero attached hydrogens (tertiary/aromatic N) is 2. The minimum Gasteiger partial charge on any atom is -0.410 e. The molecule has 0 radical (unpaired) electrons. The van der Waals surface area contributed by atoms with Crippen molar-refractivity contribution < 1.29 is 9.53 Å². The van der Waals surface area contributed by atoms with Crippen LogP contribution < -0.4 is 15.4 Å². The molecular weight excluding hydrogens is 304 g/mol. The fourth-order valence-electron chi connectivity index (χ4n) is 1.63. The first-order valence-corrected chi connectivity index (χ1v) is 7.04. The van der Waals surface area contributed by atoms with Gasteiger partial charge in [-0.3, -0.25) is 0 Å². The normalized spacial score (nSPS) is 10.9. The summed E-state index contributed by atoms with van der Waals surface area (Å²) in [6, 6.07) is 8.58. The molecule has 0 unspecified atom stereocenters. The Morgan fingerprint density at radius 1 is 1.23 bits per heavy atom. The molecule has 1 heterocycles. The number of rotatable bonds is 3. The van der Waals surface area contributed by atoms with Gasteiger partial charge in [0.25, 0.3) is 0 Å². The predicted octanol–water partition coefficient (Wildman–Crippen LogP) is 3.76. The van der Waals surface area contributed by atoms with Crippen LogP contribution in [0.15, 0.2) is 36.7 Å². The van der Waals surface area contributed by atoms with Gasteiger partial charge in [0.15, 0.2) is 0 Å². The van der Waals surface area contributed by atoms with Crippen molar-refractivity contribution in [2.45, 2.75) is 26.3 Å². The second-order valence-electron chi connectivity index (χ2n) is 5.64. The Hall–Kier alpha value is -2.34. The summed E-state index contributed by atoms with van der Waals surface area (Å²) in [6.07, 6.45) is 0.858. The Labute approximate surface area is 133 Å². The molecule has 0 aliphatic heterocycles. The SMILES string of the molecule is CC(C)(C)NC(=O)Oc1cccc(Nc2cc(Cl)ncn2)c1. The van der Waals surface area contributed by atoms with Crippen LogP contribution in [0.5, 0.6) is 5.75 Å². The fourth-order valence-corrected chi connectivity index (χ4v) is 1.77. The third kappa shape index (κ3) is 5.21. The topological polar surface area (TPSA) is 76.1 Å². The number of hydrogen-bond donors (Lipinski definition) is 2. The summed E-state index contributed by atoms with van der Waals surface area (Å²) in [4.78, 5) is 19.6. The van der Waals surface area contributed by atoms with Crippen LogP contribution in [0.2, 0.25) is 5.15 Å². The summed E-state index contributed by atoms with van der Waals surface area (Å²) in [5, 5.41) is 6.13. The zero-order valence-corrected chi connectivity index (χ0v) is 13.3. The first kappa shape index (κ1) is 16.0. The molecule has 1 aromatic heterocycles. The quantitative estimate of drug-likeness (QED) is 0.842. The van der Waals surface area contributed by atoms with Gasteiger partial charge in [-0.1, -0.05) is 17.7 Å². The predicted molar refractivity (Wildman–Crippen MR) is 85.7 cm³/mol. The standard InChI is InChI=1S/C15H17ClN4O2/c1-15(2,3)20-14(21)22-11-6-4-5-10(7-11)19-13-8-12(16)17-9-18-13/h4-9H,1-3H3,(H,20,21)(H,17,18,19). The van der Waals surface area contributed by atoms with E-state index in [4.69, 9.17) is 16.3 Å². The second kappa shape index (κ2) is 6.62. The zero-order chi connectivity index (χ0) is 16.2. The van der Waals surface area contributed by atoms with Crippen LogP contribution in [-0.4, -0.2) is 21.6 Å². The maximum Gasteiger partial charge on any atom is 0.413 e. The molecule has 2 aromatic rings. The number of benzene rings is 1. The molecule has 116 valence electrons. The lowest BCUT2D eigenvalue weighted by atomic mass is 10.1. The molecule has 0 aliphatic carbocycles. The molecule has 1 aromatic carbocycles. The van der Waals surface area contributed by atoms with Crippen molar-refractivity contribution >= 4 is 29.2 Å². The van der Waals surface area contributed by atoms with Crippen LogP contribution in [0, 0.1) is 0 Å². The van der Waals surface area contributed by atoms with E-state index in [0.29, 0.717) is 16.7 Å². The highest BCUT2D eigenvalue weighted by atomic mass is 35.5. The van der Waals surface area contributed by atoms with Crippen LogP contribution in [0.4, 0.5) is 16.3 Å². The van der Waals surface area contributed by atoms with Gasteiger partial charge in [0.1, 0.15) is 23.0 Å². The molecule has 1 amide bonds. The summed E-state index contributed by atoms with van der Waals surface area (Å²) in [5.41, 5.74) is 0.362. The molecule has 0 saturated heterocycles. The summed E-state index contributed by atoms with van der Waals surface area (Å²) in [5.74, 6) is 0.975. The third-order valence-corrected chi connectivity index (χ3v) is 2.63. The number of anilines is 2. The van der Waals surface area contributed by atoms with Crippen molar-refractivity contribution in [3.63, 3.8) is 0 Å².